The van der Waals surface area contributed by atoms with Crippen LogP contribution < -0.4 is 14.8 Å². The third-order valence-corrected chi connectivity index (χ3v) is 4.77. The Morgan fingerprint density at radius 3 is 2.46 bits per heavy atom. The van der Waals surface area contributed by atoms with E-state index in [9.17, 15) is 9.59 Å². The fraction of sp³-hybridized carbons (Fsp3) is 0.579. The number of hydrogen-bond acceptors (Lipinski definition) is 6. The van der Waals surface area contributed by atoms with E-state index in [1.54, 1.807) is 14.2 Å². The van der Waals surface area contributed by atoms with Gasteiger partial charge in [0.1, 0.15) is 11.5 Å². The number of amides is 1. The molecule has 2 rings (SSSR count). The maximum Gasteiger partial charge on any atom is 0.308 e. The first kappa shape index (κ1) is 20.0. The van der Waals surface area contributed by atoms with Gasteiger partial charge in [-0.1, -0.05) is 0 Å². The van der Waals surface area contributed by atoms with E-state index < -0.39 is 0 Å². The van der Waals surface area contributed by atoms with E-state index in [1.165, 1.54) is 7.11 Å². The molecule has 0 unspecified atom stereocenters. The van der Waals surface area contributed by atoms with E-state index in [1.807, 2.05) is 25.1 Å². The van der Waals surface area contributed by atoms with Crippen LogP contribution in [0, 0.1) is 5.92 Å². The molecule has 1 aliphatic rings. The molecule has 0 radical (unpaired) electrons. The molecule has 1 aromatic carbocycles. The Hall–Kier alpha value is -2.28. The average molecular weight is 364 g/mol. The molecule has 0 aliphatic carbocycles. The van der Waals surface area contributed by atoms with E-state index in [4.69, 9.17) is 14.2 Å². The van der Waals surface area contributed by atoms with E-state index >= 15 is 0 Å². The number of piperidine rings is 1. The predicted octanol–water partition coefficient (Wildman–Crippen LogP) is 1.77. The minimum atomic E-state index is -0.208. The second kappa shape index (κ2) is 9.43. The molecule has 0 bridgehead atoms. The molecule has 0 spiro atoms. The Morgan fingerprint density at radius 2 is 1.88 bits per heavy atom. The van der Waals surface area contributed by atoms with Gasteiger partial charge in [0.2, 0.25) is 5.91 Å². The molecule has 26 heavy (non-hydrogen) atoms. The zero-order valence-electron chi connectivity index (χ0n) is 15.9. The number of methoxy groups -OCH3 is 3. The number of nitrogens with one attached hydrogen (secondary N) is 1. The molecule has 1 fully saturated rings. The van der Waals surface area contributed by atoms with Crippen molar-refractivity contribution in [3.05, 3.63) is 23.8 Å². The molecule has 0 saturated carbocycles. The largest absolute Gasteiger partial charge is 0.497 e. The van der Waals surface area contributed by atoms with Crippen LogP contribution in [0.3, 0.4) is 0 Å². The van der Waals surface area contributed by atoms with Crippen LogP contribution in [0.1, 0.15) is 31.4 Å². The quantitative estimate of drug-likeness (QED) is 0.743. The van der Waals surface area contributed by atoms with Crippen LogP contribution in [-0.2, 0) is 14.3 Å². The van der Waals surface area contributed by atoms with Gasteiger partial charge in [0.05, 0.1) is 39.8 Å². The van der Waals surface area contributed by atoms with E-state index in [0.717, 1.165) is 18.4 Å². The molecular weight excluding hydrogens is 336 g/mol. The first-order chi connectivity index (χ1) is 12.5. The first-order valence-corrected chi connectivity index (χ1v) is 8.80. The van der Waals surface area contributed by atoms with Crippen molar-refractivity contribution in [2.24, 2.45) is 5.92 Å². The average Bonchev–Trinajstić information content (AvgIpc) is 2.67. The van der Waals surface area contributed by atoms with Gasteiger partial charge in [-0.3, -0.25) is 14.5 Å². The highest BCUT2D eigenvalue weighted by Gasteiger charge is 2.26. The van der Waals surface area contributed by atoms with Gasteiger partial charge >= 0.3 is 5.97 Å². The third kappa shape index (κ3) is 5.11. The van der Waals surface area contributed by atoms with Crippen LogP contribution in [0.2, 0.25) is 0 Å². The fourth-order valence-electron chi connectivity index (χ4n) is 3.24. The van der Waals surface area contributed by atoms with E-state index in [-0.39, 0.29) is 23.8 Å². The van der Waals surface area contributed by atoms with Gasteiger partial charge in [0, 0.05) is 5.56 Å². The van der Waals surface area contributed by atoms with Gasteiger partial charge in [0.25, 0.3) is 0 Å². The highest BCUT2D eigenvalue weighted by atomic mass is 16.5. The van der Waals surface area contributed by atoms with Gasteiger partial charge in [0.15, 0.2) is 0 Å². The summed E-state index contributed by atoms with van der Waals surface area (Å²) in [6, 6.07) is 5.31. The fourth-order valence-corrected chi connectivity index (χ4v) is 3.24. The molecule has 1 aromatic rings. The molecule has 1 heterocycles. The van der Waals surface area contributed by atoms with Crippen molar-refractivity contribution in [3.63, 3.8) is 0 Å². The van der Waals surface area contributed by atoms with Crippen LogP contribution >= 0.6 is 0 Å². The lowest BCUT2D eigenvalue weighted by Gasteiger charge is -2.30. The van der Waals surface area contributed by atoms with Gasteiger partial charge in [-0.05, 0) is 51.1 Å². The number of carbonyl (C=O) groups excluding carboxylic acids is 2. The number of benzene rings is 1. The summed E-state index contributed by atoms with van der Waals surface area (Å²) >= 11 is 0. The lowest BCUT2D eigenvalue weighted by Crippen LogP contribution is -2.43. The number of rotatable bonds is 7. The van der Waals surface area contributed by atoms with Crippen LogP contribution in [0.4, 0.5) is 0 Å². The molecule has 1 saturated heterocycles. The summed E-state index contributed by atoms with van der Waals surface area (Å²) in [7, 11) is 4.62. The first-order valence-electron chi connectivity index (χ1n) is 8.80. The summed E-state index contributed by atoms with van der Waals surface area (Å²) in [5.41, 5.74) is 0.865. The van der Waals surface area contributed by atoms with Crippen LogP contribution in [-0.4, -0.2) is 57.7 Å². The number of carbonyl (C=O) groups is 2. The highest BCUT2D eigenvalue weighted by Crippen LogP contribution is 2.29. The number of likely N-dealkylation sites (tertiary alicyclic amines) is 1. The Balaban J connectivity index is 1.89. The van der Waals surface area contributed by atoms with E-state index in [0.29, 0.717) is 31.1 Å². The number of hydrogen-bond donors (Lipinski definition) is 1. The molecule has 7 heteroatoms. The summed E-state index contributed by atoms with van der Waals surface area (Å²) in [5.74, 6) is 1.15. The smallest absolute Gasteiger partial charge is 0.308 e. The van der Waals surface area contributed by atoms with Crippen molar-refractivity contribution in [1.82, 2.24) is 10.2 Å². The van der Waals surface area contributed by atoms with Crippen molar-refractivity contribution in [2.45, 2.75) is 25.8 Å². The number of esters is 1. The van der Waals surface area contributed by atoms with E-state index in [2.05, 4.69) is 10.2 Å². The van der Waals surface area contributed by atoms with Crippen molar-refractivity contribution >= 4 is 11.9 Å². The monoisotopic (exact) mass is 364 g/mol. The zero-order chi connectivity index (χ0) is 19.1. The molecule has 144 valence electrons. The van der Waals surface area contributed by atoms with Crippen LogP contribution in [0.15, 0.2) is 18.2 Å². The van der Waals surface area contributed by atoms with Crippen LogP contribution in [0.25, 0.3) is 0 Å². The normalized spacial score (nSPS) is 16.6. The topological polar surface area (TPSA) is 77.1 Å². The second-order valence-corrected chi connectivity index (χ2v) is 6.47. The summed E-state index contributed by atoms with van der Waals surface area (Å²) in [6.07, 6.45) is 1.44. The molecular formula is C19H28N2O5. The number of ether oxygens (including phenoxy) is 3. The SMILES string of the molecule is COC(=O)C1CCN(CC(=O)N[C@H](C)c2cc(OC)ccc2OC)CC1. The maximum absolute atomic E-state index is 12.4. The van der Waals surface area contributed by atoms with Crippen molar-refractivity contribution in [3.8, 4) is 11.5 Å². The van der Waals surface area contributed by atoms with Crippen molar-refractivity contribution in [2.75, 3.05) is 41.0 Å². The van der Waals surface area contributed by atoms with Crippen molar-refractivity contribution < 1.29 is 23.8 Å². The van der Waals surface area contributed by atoms with Gasteiger partial charge in [-0.25, -0.2) is 0 Å². The summed E-state index contributed by atoms with van der Waals surface area (Å²) in [5, 5.41) is 3.01. The lowest BCUT2D eigenvalue weighted by molar-refractivity contribution is -0.147. The second-order valence-electron chi connectivity index (χ2n) is 6.47. The van der Waals surface area contributed by atoms with Crippen molar-refractivity contribution in [1.29, 1.82) is 0 Å². The summed E-state index contributed by atoms with van der Waals surface area (Å²) in [4.78, 5) is 26.0. The van der Waals surface area contributed by atoms with Crippen LogP contribution in [0.5, 0.6) is 11.5 Å². The zero-order valence-corrected chi connectivity index (χ0v) is 15.9. The Labute approximate surface area is 154 Å². The molecule has 7 nitrogen and oxygen atoms in total. The number of nitrogens with zero attached hydrogens (tertiary/aromatic N) is 1. The Bertz CT molecular complexity index is 626. The molecule has 1 amide bonds. The standard InChI is InChI=1S/C19H28N2O5/c1-13(16-11-15(24-2)5-6-17(16)25-3)20-18(22)12-21-9-7-14(8-10-21)19(23)26-4/h5-6,11,13-14H,7-10,12H2,1-4H3,(H,20,22)/t13-/m1/s1. The van der Waals surface area contributed by atoms with Gasteiger partial charge in [-0.15, -0.1) is 0 Å². The molecule has 1 atom stereocenters. The Morgan fingerprint density at radius 1 is 1.19 bits per heavy atom. The van der Waals surface area contributed by atoms with Gasteiger partial charge in [-0.2, -0.15) is 0 Å². The predicted molar refractivity (Wildman–Crippen MR) is 97.3 cm³/mol. The Kier molecular flexibility index (Phi) is 7.26. The minimum Gasteiger partial charge on any atom is -0.497 e. The lowest BCUT2D eigenvalue weighted by atomic mass is 9.97. The molecule has 1 N–H and O–H groups in total. The third-order valence-electron chi connectivity index (χ3n) is 4.77. The maximum atomic E-state index is 12.4. The molecule has 1 aliphatic heterocycles. The summed E-state index contributed by atoms with van der Waals surface area (Å²) in [6.45, 7) is 3.65. The molecule has 0 aromatic heterocycles. The highest BCUT2D eigenvalue weighted by molar-refractivity contribution is 5.78. The van der Waals surface area contributed by atoms with Gasteiger partial charge < -0.3 is 19.5 Å². The summed E-state index contributed by atoms with van der Waals surface area (Å²) < 4.78 is 15.4. The minimum absolute atomic E-state index is 0.0562.